The summed E-state index contributed by atoms with van der Waals surface area (Å²) in [5.74, 6) is -3.39. The highest BCUT2D eigenvalue weighted by Crippen LogP contribution is 2.35. The van der Waals surface area contributed by atoms with Crippen LogP contribution in [0.4, 0.5) is 4.39 Å². The number of hydrogen-bond acceptors (Lipinski definition) is 7. The molecule has 0 saturated heterocycles. The maximum atomic E-state index is 13.9. The zero-order chi connectivity index (χ0) is 24.4. The lowest BCUT2D eigenvalue weighted by atomic mass is 9.87. The molecule has 6 N–H and O–H groups in total. The number of rotatable bonds is 6. The van der Waals surface area contributed by atoms with Crippen molar-refractivity contribution in [1.82, 2.24) is 19.9 Å². The Morgan fingerprint density at radius 2 is 1.38 bits per heavy atom. The molecule has 0 aliphatic carbocycles. The van der Waals surface area contributed by atoms with Crippen LogP contribution in [0.5, 0.6) is 17.5 Å². The minimum Gasteiger partial charge on any atom is -0.494 e. The van der Waals surface area contributed by atoms with Gasteiger partial charge in [0.15, 0.2) is 0 Å². The summed E-state index contributed by atoms with van der Waals surface area (Å²) in [4.78, 5) is 56.2. The van der Waals surface area contributed by atoms with E-state index < -0.39 is 57.1 Å². The van der Waals surface area contributed by atoms with Gasteiger partial charge in [-0.3, -0.25) is 29.5 Å². The zero-order valence-electron chi connectivity index (χ0n) is 17.2. The first-order valence-corrected chi connectivity index (χ1v) is 9.81. The average Bonchev–Trinajstić information content (AvgIpc) is 2.76. The molecule has 4 rings (SSSR count). The monoisotopic (exact) mass is 468 g/mol. The molecule has 11 nitrogen and oxygen atoms in total. The normalized spacial score (nSPS) is 11.0. The van der Waals surface area contributed by atoms with Crippen molar-refractivity contribution in [2.24, 2.45) is 0 Å². The molecule has 2 heterocycles. The van der Waals surface area contributed by atoms with Crippen LogP contribution in [0.15, 0.2) is 67.7 Å². The van der Waals surface area contributed by atoms with Crippen LogP contribution in [-0.4, -0.2) is 30.1 Å². The number of hydrogen-bond donors (Lipinski definition) is 6. The van der Waals surface area contributed by atoms with E-state index in [0.29, 0.717) is 0 Å². The maximum absolute atomic E-state index is 13.9. The van der Waals surface area contributed by atoms with Gasteiger partial charge in [0, 0.05) is 5.56 Å². The van der Waals surface area contributed by atoms with Crippen molar-refractivity contribution in [2.45, 2.75) is 12.5 Å². The first-order chi connectivity index (χ1) is 16.2. The Hall–Kier alpha value is -4.87. The largest absolute Gasteiger partial charge is 0.494 e. The molecule has 0 saturated carbocycles. The molecule has 0 radical (unpaired) electrons. The fourth-order valence-electron chi connectivity index (χ4n) is 3.54. The SMILES string of the molecule is O=c1[nH]c(O)c(C(c2cccc(OCc3ccccc3F)c2)c2c(O)[nH]c(=O)[nH]c2=O)c(=O)[nH]1. The molecule has 0 atom stereocenters. The van der Waals surface area contributed by atoms with Crippen molar-refractivity contribution in [1.29, 1.82) is 0 Å². The maximum Gasteiger partial charge on any atom is 0.328 e. The van der Waals surface area contributed by atoms with Gasteiger partial charge in [-0.05, 0) is 23.8 Å². The second-order valence-electron chi connectivity index (χ2n) is 7.23. The summed E-state index contributed by atoms with van der Waals surface area (Å²) < 4.78 is 19.6. The van der Waals surface area contributed by atoms with E-state index in [-0.39, 0.29) is 23.5 Å². The molecule has 12 heteroatoms. The third kappa shape index (κ3) is 4.37. The van der Waals surface area contributed by atoms with Crippen LogP contribution in [0.2, 0.25) is 0 Å². The van der Waals surface area contributed by atoms with E-state index in [1.807, 2.05) is 19.9 Å². The lowest BCUT2D eigenvalue weighted by Crippen LogP contribution is -2.32. The molecule has 0 aliphatic heterocycles. The number of benzene rings is 2. The third-order valence-corrected chi connectivity index (χ3v) is 5.04. The predicted molar refractivity (Wildman–Crippen MR) is 117 cm³/mol. The number of aromatic amines is 4. The van der Waals surface area contributed by atoms with Gasteiger partial charge < -0.3 is 14.9 Å². The van der Waals surface area contributed by atoms with Gasteiger partial charge in [0.05, 0.1) is 17.0 Å². The Morgan fingerprint density at radius 3 is 1.94 bits per heavy atom. The first kappa shape index (κ1) is 22.3. The Morgan fingerprint density at radius 1 is 0.794 bits per heavy atom. The van der Waals surface area contributed by atoms with Gasteiger partial charge in [-0.2, -0.15) is 0 Å². The molecule has 0 unspecified atom stereocenters. The highest BCUT2D eigenvalue weighted by molar-refractivity contribution is 5.49. The van der Waals surface area contributed by atoms with E-state index in [2.05, 4.69) is 0 Å². The van der Waals surface area contributed by atoms with Crippen LogP contribution in [0, 0.1) is 5.82 Å². The van der Waals surface area contributed by atoms with Gasteiger partial charge in [0.1, 0.15) is 18.2 Å². The van der Waals surface area contributed by atoms with Crippen LogP contribution >= 0.6 is 0 Å². The quantitative estimate of drug-likeness (QED) is 0.241. The summed E-state index contributed by atoms with van der Waals surface area (Å²) in [5.41, 5.74) is -4.54. The van der Waals surface area contributed by atoms with Crippen molar-refractivity contribution in [3.63, 3.8) is 0 Å². The van der Waals surface area contributed by atoms with Gasteiger partial charge in [-0.25, -0.2) is 14.0 Å². The van der Waals surface area contributed by atoms with Crippen LogP contribution in [0.25, 0.3) is 0 Å². The Labute approximate surface area is 188 Å². The number of halogens is 1. The van der Waals surface area contributed by atoms with Gasteiger partial charge in [-0.15, -0.1) is 0 Å². The molecule has 0 aliphatic rings. The average molecular weight is 468 g/mol. The number of aromatic hydroxyl groups is 2. The summed E-state index contributed by atoms with van der Waals surface area (Å²) in [7, 11) is 0. The molecule has 0 spiro atoms. The van der Waals surface area contributed by atoms with E-state index in [1.54, 1.807) is 6.07 Å². The predicted octanol–water partition coefficient (Wildman–Crippen LogP) is 0.749. The number of ether oxygens (including phenoxy) is 1. The Kier molecular flexibility index (Phi) is 5.87. The second-order valence-corrected chi connectivity index (χ2v) is 7.23. The van der Waals surface area contributed by atoms with Gasteiger partial charge in [0.2, 0.25) is 11.8 Å². The lowest BCUT2D eigenvalue weighted by molar-refractivity contribution is 0.299. The highest BCUT2D eigenvalue weighted by Gasteiger charge is 2.30. The topological polar surface area (TPSA) is 181 Å². The Balaban J connectivity index is 1.86. The summed E-state index contributed by atoms with van der Waals surface area (Å²) in [6.45, 7) is -0.129. The van der Waals surface area contributed by atoms with E-state index in [1.165, 1.54) is 42.5 Å². The molecular weight excluding hydrogens is 451 g/mol. The van der Waals surface area contributed by atoms with Crippen LogP contribution in [0.1, 0.15) is 28.2 Å². The van der Waals surface area contributed by atoms with Crippen LogP contribution < -0.4 is 27.2 Å². The second kappa shape index (κ2) is 8.94. The number of H-pyrrole nitrogens is 4. The fourth-order valence-corrected chi connectivity index (χ4v) is 3.54. The third-order valence-electron chi connectivity index (χ3n) is 5.04. The molecule has 2 aromatic carbocycles. The van der Waals surface area contributed by atoms with Crippen LogP contribution in [-0.2, 0) is 6.61 Å². The molecular formula is C22H17FN4O7. The fraction of sp³-hybridized carbons (Fsp3) is 0.0909. The van der Waals surface area contributed by atoms with E-state index in [0.717, 1.165) is 0 Å². The minimum atomic E-state index is -1.45. The van der Waals surface area contributed by atoms with Crippen molar-refractivity contribution < 1.29 is 19.3 Å². The Bertz CT molecular complexity index is 1530. The van der Waals surface area contributed by atoms with E-state index >= 15 is 0 Å². The van der Waals surface area contributed by atoms with Gasteiger partial charge >= 0.3 is 11.4 Å². The summed E-state index contributed by atoms with van der Waals surface area (Å²) in [6.07, 6.45) is 0. The summed E-state index contributed by atoms with van der Waals surface area (Å²) in [6, 6.07) is 11.9. The van der Waals surface area contributed by atoms with Gasteiger partial charge in [-0.1, -0.05) is 30.3 Å². The molecule has 4 aromatic rings. The van der Waals surface area contributed by atoms with E-state index in [4.69, 9.17) is 4.74 Å². The van der Waals surface area contributed by atoms with Crippen LogP contribution in [0.3, 0.4) is 0 Å². The standard InChI is InChI=1S/C22H17FN4O7/c23-13-7-2-1-4-11(13)9-34-12-6-3-5-10(8-12)14(15-17(28)24-21(32)25-18(15)29)16-19(30)26-22(33)27-20(16)31/h1-8,14H,9H2,(H3,24,25,28,29,32)(H3,26,27,30,31,33). The molecule has 0 bridgehead atoms. The number of nitrogens with one attached hydrogen (secondary N) is 4. The minimum absolute atomic E-state index is 0.129. The summed E-state index contributed by atoms with van der Waals surface area (Å²) in [5, 5.41) is 20.7. The van der Waals surface area contributed by atoms with Crippen molar-refractivity contribution >= 4 is 0 Å². The highest BCUT2D eigenvalue weighted by atomic mass is 19.1. The lowest BCUT2D eigenvalue weighted by Gasteiger charge is -2.19. The first-order valence-electron chi connectivity index (χ1n) is 9.81. The summed E-state index contributed by atoms with van der Waals surface area (Å²) >= 11 is 0. The van der Waals surface area contributed by atoms with Gasteiger partial charge in [0.25, 0.3) is 11.1 Å². The molecule has 34 heavy (non-hydrogen) atoms. The van der Waals surface area contributed by atoms with E-state index in [9.17, 15) is 33.8 Å². The smallest absolute Gasteiger partial charge is 0.328 e. The van der Waals surface area contributed by atoms with Crippen molar-refractivity contribution in [2.75, 3.05) is 0 Å². The molecule has 2 aromatic heterocycles. The zero-order valence-corrected chi connectivity index (χ0v) is 17.2. The molecule has 174 valence electrons. The number of aromatic nitrogens is 4. The molecule has 0 fully saturated rings. The van der Waals surface area contributed by atoms with Crippen molar-refractivity contribution in [3.05, 3.63) is 118 Å². The molecule has 0 amide bonds. The van der Waals surface area contributed by atoms with Crippen molar-refractivity contribution in [3.8, 4) is 17.5 Å².